The molecule has 1 rings (SSSR count). The predicted octanol–water partition coefficient (Wildman–Crippen LogP) is 3.27. The Bertz CT molecular complexity index is 316. The molecule has 3 nitrogen and oxygen atoms in total. The molecule has 102 valence electrons. The lowest BCUT2D eigenvalue weighted by Gasteiger charge is -2.14. The molecule has 0 saturated carbocycles. The Balaban J connectivity index is 2.09. The Labute approximate surface area is 115 Å². The van der Waals surface area contributed by atoms with Gasteiger partial charge >= 0.3 is 0 Å². The van der Waals surface area contributed by atoms with E-state index in [0.29, 0.717) is 6.54 Å². The Morgan fingerprint density at radius 1 is 1.22 bits per heavy atom. The molecule has 0 aliphatic carbocycles. The average Bonchev–Trinajstić information content (AvgIpc) is 2.38. The normalized spacial score (nSPS) is 12.6. The summed E-state index contributed by atoms with van der Waals surface area (Å²) in [7, 11) is 0. The summed E-state index contributed by atoms with van der Waals surface area (Å²) in [4.78, 5) is 0. The van der Waals surface area contributed by atoms with Gasteiger partial charge in [-0.3, -0.25) is 11.1 Å². The second-order valence-electron chi connectivity index (χ2n) is 4.36. The number of benzene rings is 1. The van der Waals surface area contributed by atoms with Crippen LogP contribution in [-0.4, -0.2) is 13.0 Å². The van der Waals surface area contributed by atoms with Gasteiger partial charge in [-0.05, 0) is 24.1 Å². The zero-order valence-corrected chi connectivity index (χ0v) is 11.7. The molecule has 0 bridgehead atoms. The van der Waals surface area contributed by atoms with Crippen LogP contribution in [0.2, 0.25) is 5.02 Å². The summed E-state index contributed by atoms with van der Waals surface area (Å²) in [6.45, 7) is 3.60. The minimum Gasteiger partial charge on any atom is -0.350 e. The molecule has 1 aromatic carbocycles. The van der Waals surface area contributed by atoms with E-state index in [2.05, 4.69) is 12.2 Å². The van der Waals surface area contributed by atoms with Gasteiger partial charge in [-0.1, -0.05) is 49.9 Å². The first kappa shape index (κ1) is 15.4. The molecule has 18 heavy (non-hydrogen) atoms. The Kier molecular flexibility index (Phi) is 8.01. The third-order valence-corrected chi connectivity index (χ3v) is 2.97. The maximum absolute atomic E-state index is 5.81. The maximum atomic E-state index is 5.81. The third-order valence-electron chi connectivity index (χ3n) is 2.72. The molecule has 0 aliphatic rings. The summed E-state index contributed by atoms with van der Waals surface area (Å²) >= 11 is 5.81. The van der Waals surface area contributed by atoms with Gasteiger partial charge in [0.2, 0.25) is 0 Å². The van der Waals surface area contributed by atoms with Gasteiger partial charge in [0.15, 0.2) is 6.35 Å². The van der Waals surface area contributed by atoms with Crippen LogP contribution in [0.1, 0.15) is 38.2 Å². The minimum absolute atomic E-state index is 0.401. The molecule has 0 spiro atoms. The number of hydrogen-bond donors (Lipinski definition) is 2. The monoisotopic (exact) mass is 270 g/mol. The molecular weight excluding hydrogens is 248 g/mol. The lowest BCUT2D eigenvalue weighted by molar-refractivity contribution is 0.0306. The smallest absolute Gasteiger partial charge is 0.161 e. The van der Waals surface area contributed by atoms with Crippen molar-refractivity contribution < 1.29 is 4.74 Å². The zero-order chi connectivity index (χ0) is 13.2. The molecule has 1 unspecified atom stereocenters. The first-order chi connectivity index (χ1) is 8.72. The van der Waals surface area contributed by atoms with Crippen LogP contribution in [0.3, 0.4) is 0 Å². The minimum atomic E-state index is -0.401. The second kappa shape index (κ2) is 9.34. The van der Waals surface area contributed by atoms with Crippen molar-refractivity contribution in [2.24, 2.45) is 5.73 Å². The van der Waals surface area contributed by atoms with E-state index in [4.69, 9.17) is 22.1 Å². The van der Waals surface area contributed by atoms with E-state index in [-0.39, 0.29) is 0 Å². The van der Waals surface area contributed by atoms with Crippen molar-refractivity contribution in [1.82, 2.24) is 5.32 Å². The van der Waals surface area contributed by atoms with E-state index in [9.17, 15) is 0 Å². The first-order valence-electron chi connectivity index (χ1n) is 6.57. The zero-order valence-electron chi connectivity index (χ0n) is 11.0. The van der Waals surface area contributed by atoms with Gasteiger partial charge in [-0.15, -0.1) is 0 Å². The molecule has 4 heteroatoms. The van der Waals surface area contributed by atoms with Crippen molar-refractivity contribution in [2.75, 3.05) is 6.61 Å². The molecular formula is C14H23ClN2O. The van der Waals surface area contributed by atoms with Crippen molar-refractivity contribution >= 4 is 11.6 Å². The van der Waals surface area contributed by atoms with Crippen LogP contribution in [0, 0.1) is 0 Å². The predicted molar refractivity (Wildman–Crippen MR) is 76.4 cm³/mol. The largest absolute Gasteiger partial charge is 0.350 e. The van der Waals surface area contributed by atoms with Crippen LogP contribution in [0.15, 0.2) is 24.3 Å². The van der Waals surface area contributed by atoms with E-state index in [0.717, 1.165) is 23.6 Å². The highest BCUT2D eigenvalue weighted by Gasteiger charge is 2.01. The fourth-order valence-corrected chi connectivity index (χ4v) is 1.74. The van der Waals surface area contributed by atoms with Crippen LogP contribution >= 0.6 is 11.6 Å². The summed E-state index contributed by atoms with van der Waals surface area (Å²) in [6, 6.07) is 7.69. The van der Waals surface area contributed by atoms with Gasteiger partial charge in [0, 0.05) is 11.6 Å². The number of ether oxygens (including phenoxy) is 1. The van der Waals surface area contributed by atoms with Crippen molar-refractivity contribution in [3.05, 3.63) is 34.9 Å². The highest BCUT2D eigenvalue weighted by atomic mass is 35.5. The summed E-state index contributed by atoms with van der Waals surface area (Å²) in [5, 5.41) is 3.87. The SMILES string of the molecule is CCCCCCOC(N)NCc1ccc(Cl)cc1. The van der Waals surface area contributed by atoms with E-state index >= 15 is 0 Å². The maximum Gasteiger partial charge on any atom is 0.161 e. The van der Waals surface area contributed by atoms with E-state index < -0.39 is 6.35 Å². The first-order valence-corrected chi connectivity index (χ1v) is 6.95. The number of unbranched alkanes of at least 4 members (excludes halogenated alkanes) is 3. The summed E-state index contributed by atoms with van der Waals surface area (Å²) in [5.74, 6) is 0. The third kappa shape index (κ3) is 6.97. The lowest BCUT2D eigenvalue weighted by Crippen LogP contribution is -2.39. The number of hydrogen-bond acceptors (Lipinski definition) is 3. The fourth-order valence-electron chi connectivity index (χ4n) is 1.62. The van der Waals surface area contributed by atoms with Crippen LogP contribution < -0.4 is 11.1 Å². The molecule has 0 heterocycles. The van der Waals surface area contributed by atoms with Crippen LogP contribution in [-0.2, 0) is 11.3 Å². The molecule has 0 aromatic heterocycles. The topological polar surface area (TPSA) is 47.3 Å². The fraction of sp³-hybridized carbons (Fsp3) is 0.571. The average molecular weight is 271 g/mol. The molecule has 3 N–H and O–H groups in total. The van der Waals surface area contributed by atoms with E-state index in [1.165, 1.54) is 19.3 Å². The summed E-state index contributed by atoms with van der Waals surface area (Å²) in [5.41, 5.74) is 6.95. The molecule has 0 amide bonds. The number of nitrogens with one attached hydrogen (secondary N) is 1. The number of nitrogens with two attached hydrogens (primary N) is 1. The van der Waals surface area contributed by atoms with Crippen molar-refractivity contribution in [3.8, 4) is 0 Å². The standard InChI is InChI=1S/C14H23ClN2O/c1-2-3-4-5-10-18-14(16)17-11-12-6-8-13(15)9-7-12/h6-9,14,17H,2-5,10-11,16H2,1H3. The van der Waals surface area contributed by atoms with E-state index in [1.54, 1.807) is 0 Å². The lowest BCUT2D eigenvalue weighted by atomic mass is 10.2. The van der Waals surface area contributed by atoms with Crippen LogP contribution in [0.4, 0.5) is 0 Å². The molecule has 1 aromatic rings. The van der Waals surface area contributed by atoms with E-state index in [1.807, 2.05) is 24.3 Å². The van der Waals surface area contributed by atoms with Crippen molar-refractivity contribution in [3.63, 3.8) is 0 Å². The highest BCUT2D eigenvalue weighted by molar-refractivity contribution is 6.30. The quantitative estimate of drug-likeness (QED) is 0.535. The van der Waals surface area contributed by atoms with Gasteiger partial charge in [-0.25, -0.2) is 0 Å². The molecule has 0 radical (unpaired) electrons. The Hall–Kier alpha value is -0.610. The van der Waals surface area contributed by atoms with Crippen molar-refractivity contribution in [1.29, 1.82) is 0 Å². The second-order valence-corrected chi connectivity index (χ2v) is 4.80. The number of halogens is 1. The Morgan fingerprint density at radius 2 is 1.94 bits per heavy atom. The van der Waals surface area contributed by atoms with Gasteiger partial charge in [0.25, 0.3) is 0 Å². The summed E-state index contributed by atoms with van der Waals surface area (Å²) < 4.78 is 5.47. The van der Waals surface area contributed by atoms with Gasteiger partial charge < -0.3 is 4.74 Å². The van der Waals surface area contributed by atoms with Gasteiger partial charge in [0.05, 0.1) is 6.61 Å². The Morgan fingerprint density at radius 3 is 2.61 bits per heavy atom. The molecule has 0 saturated heterocycles. The van der Waals surface area contributed by atoms with Crippen LogP contribution in [0.5, 0.6) is 0 Å². The number of rotatable bonds is 9. The molecule has 1 atom stereocenters. The molecule has 0 fully saturated rings. The van der Waals surface area contributed by atoms with Gasteiger partial charge in [0.1, 0.15) is 0 Å². The molecule has 0 aliphatic heterocycles. The highest BCUT2D eigenvalue weighted by Crippen LogP contribution is 2.09. The summed E-state index contributed by atoms with van der Waals surface area (Å²) in [6.07, 6.45) is 4.38. The van der Waals surface area contributed by atoms with Crippen molar-refractivity contribution in [2.45, 2.75) is 45.5 Å². The van der Waals surface area contributed by atoms with Crippen LogP contribution in [0.25, 0.3) is 0 Å². The van der Waals surface area contributed by atoms with Gasteiger partial charge in [-0.2, -0.15) is 0 Å².